The van der Waals surface area contributed by atoms with E-state index in [0.717, 1.165) is 0 Å². The van der Waals surface area contributed by atoms with Crippen LogP contribution in [0.25, 0.3) is 21.8 Å². The van der Waals surface area contributed by atoms with E-state index >= 15 is 0 Å². The molecule has 1 aromatic heterocycles. The number of benzene rings is 3. The van der Waals surface area contributed by atoms with E-state index in [1.165, 1.54) is 46.0 Å². The minimum atomic E-state index is -3.64. The fourth-order valence-electron chi connectivity index (χ4n) is 3.88. The summed E-state index contributed by atoms with van der Waals surface area (Å²) in [5, 5.41) is 5.24. The number of para-hydroxylation sites is 1. The number of sulfonamides is 1. The largest absolute Gasteiger partial charge is 0.379 e. The van der Waals surface area contributed by atoms with Gasteiger partial charge in [0.15, 0.2) is 0 Å². The monoisotopic (exact) mass is 523 g/mol. The van der Waals surface area contributed by atoms with E-state index in [1.54, 1.807) is 30.3 Å². The lowest BCUT2D eigenvalue weighted by Gasteiger charge is -2.26. The molecule has 0 aliphatic carbocycles. The van der Waals surface area contributed by atoms with Crippen LogP contribution in [0, 0.1) is 5.82 Å². The molecule has 4 aromatic rings. The zero-order valence-electron chi connectivity index (χ0n) is 19.1. The van der Waals surface area contributed by atoms with Gasteiger partial charge in [-0.05, 0) is 42.5 Å². The van der Waals surface area contributed by atoms with Crippen molar-refractivity contribution < 1.29 is 22.3 Å². The molecule has 36 heavy (non-hydrogen) atoms. The third kappa shape index (κ3) is 4.93. The third-order valence-corrected chi connectivity index (χ3v) is 8.57. The first kappa shape index (κ1) is 24.3. The summed E-state index contributed by atoms with van der Waals surface area (Å²) in [7, 11) is -3.64. The first-order valence-corrected chi connectivity index (χ1v) is 13.5. The van der Waals surface area contributed by atoms with E-state index in [4.69, 9.17) is 4.74 Å². The molecule has 7 nitrogen and oxygen atoms in total. The van der Waals surface area contributed by atoms with Crippen LogP contribution in [0.15, 0.2) is 83.1 Å². The number of aromatic nitrogens is 1. The Kier molecular flexibility index (Phi) is 6.92. The summed E-state index contributed by atoms with van der Waals surface area (Å²) in [6.45, 7) is 1.33. The van der Waals surface area contributed by atoms with Crippen molar-refractivity contribution in [2.24, 2.45) is 0 Å². The van der Waals surface area contributed by atoms with Crippen LogP contribution in [0.2, 0.25) is 0 Å². The van der Waals surface area contributed by atoms with Gasteiger partial charge in [-0.15, -0.1) is 11.3 Å². The number of ether oxygens (including phenoxy) is 1. The number of morpholine rings is 1. The second-order valence-corrected chi connectivity index (χ2v) is 10.9. The summed E-state index contributed by atoms with van der Waals surface area (Å²) in [5.41, 5.74) is 2.58. The van der Waals surface area contributed by atoms with Gasteiger partial charge in [-0.1, -0.05) is 30.3 Å². The lowest BCUT2D eigenvalue weighted by atomic mass is 10.1. The van der Waals surface area contributed by atoms with E-state index in [-0.39, 0.29) is 16.6 Å². The molecule has 3 aromatic carbocycles. The molecule has 1 aliphatic heterocycles. The predicted octanol–water partition coefficient (Wildman–Crippen LogP) is 4.89. The van der Waals surface area contributed by atoms with Gasteiger partial charge in [0.2, 0.25) is 10.0 Å². The minimum absolute atomic E-state index is 0.129. The zero-order chi connectivity index (χ0) is 25.1. The molecule has 0 atom stereocenters. The predicted molar refractivity (Wildman–Crippen MR) is 137 cm³/mol. The fraction of sp³-hybridized carbons (Fsp3) is 0.154. The second kappa shape index (κ2) is 10.3. The van der Waals surface area contributed by atoms with Crippen LogP contribution in [-0.4, -0.2) is 49.9 Å². The number of rotatable bonds is 6. The Labute approximate surface area is 212 Å². The van der Waals surface area contributed by atoms with Gasteiger partial charge in [0.05, 0.1) is 29.5 Å². The van der Waals surface area contributed by atoms with Crippen LogP contribution < -0.4 is 5.32 Å². The molecule has 1 N–H and O–H groups in total. The molecule has 10 heteroatoms. The van der Waals surface area contributed by atoms with Gasteiger partial charge in [-0.25, -0.2) is 17.8 Å². The number of hydrogen-bond donors (Lipinski definition) is 1. The number of nitrogens with zero attached hydrogens (tertiary/aromatic N) is 2. The van der Waals surface area contributed by atoms with Crippen LogP contribution in [0.4, 0.5) is 10.1 Å². The summed E-state index contributed by atoms with van der Waals surface area (Å²) < 4.78 is 46.5. The highest BCUT2D eigenvalue weighted by Gasteiger charge is 2.26. The van der Waals surface area contributed by atoms with Gasteiger partial charge in [0.1, 0.15) is 10.8 Å². The van der Waals surface area contributed by atoms with E-state index in [0.29, 0.717) is 59.4 Å². The van der Waals surface area contributed by atoms with Crippen molar-refractivity contribution in [2.75, 3.05) is 31.6 Å². The van der Waals surface area contributed by atoms with E-state index in [9.17, 15) is 17.6 Å². The normalized spacial score (nSPS) is 14.5. The Bertz CT molecular complexity index is 1500. The maximum absolute atomic E-state index is 14.2. The topological polar surface area (TPSA) is 88.6 Å². The molecule has 1 aliphatic rings. The summed E-state index contributed by atoms with van der Waals surface area (Å²) in [6.07, 6.45) is 0. The smallest absolute Gasteiger partial charge is 0.255 e. The van der Waals surface area contributed by atoms with Gasteiger partial charge in [0.25, 0.3) is 5.91 Å². The molecule has 0 radical (unpaired) electrons. The number of carbonyl (C=O) groups is 1. The standard InChI is InChI=1S/C26H22FN3O4S2/c27-22-7-3-1-5-20(22)26-29-24(17-35-26)21-6-2-4-8-23(21)28-25(31)18-9-11-19(12-10-18)36(32,33)30-13-15-34-16-14-30/h1-12,17H,13-16H2,(H,28,31). The van der Waals surface area contributed by atoms with Gasteiger partial charge in [-0.3, -0.25) is 4.79 Å². The van der Waals surface area contributed by atoms with Crippen molar-refractivity contribution in [2.45, 2.75) is 4.90 Å². The van der Waals surface area contributed by atoms with E-state index in [2.05, 4.69) is 10.3 Å². The Morgan fingerprint density at radius 2 is 1.61 bits per heavy atom. The van der Waals surface area contributed by atoms with Crippen LogP contribution in [-0.2, 0) is 14.8 Å². The molecule has 0 spiro atoms. The molecule has 1 amide bonds. The summed E-state index contributed by atoms with van der Waals surface area (Å²) in [6, 6.07) is 19.5. The molecule has 184 valence electrons. The SMILES string of the molecule is O=C(Nc1ccccc1-c1csc(-c2ccccc2F)n1)c1ccc(S(=O)(=O)N2CCOCC2)cc1. The highest BCUT2D eigenvalue weighted by atomic mass is 32.2. The molecule has 0 unspecified atom stereocenters. The Morgan fingerprint density at radius 3 is 2.33 bits per heavy atom. The molecular formula is C26H22FN3O4S2. The van der Waals surface area contributed by atoms with Crippen LogP contribution in [0.1, 0.15) is 10.4 Å². The molecule has 2 heterocycles. The molecule has 1 fully saturated rings. The van der Waals surface area contributed by atoms with Gasteiger partial charge in [0, 0.05) is 35.2 Å². The second-order valence-electron chi connectivity index (χ2n) is 8.06. The van der Waals surface area contributed by atoms with Crippen molar-refractivity contribution in [3.8, 4) is 21.8 Å². The van der Waals surface area contributed by atoms with Crippen LogP contribution in [0.5, 0.6) is 0 Å². The summed E-state index contributed by atoms with van der Waals surface area (Å²) in [4.78, 5) is 17.7. The number of amides is 1. The number of anilines is 1. The lowest BCUT2D eigenvalue weighted by molar-refractivity contribution is 0.0730. The maximum Gasteiger partial charge on any atom is 0.255 e. The Balaban J connectivity index is 1.35. The summed E-state index contributed by atoms with van der Waals surface area (Å²) in [5.74, 6) is -0.735. The number of nitrogens with one attached hydrogen (secondary N) is 1. The maximum atomic E-state index is 14.2. The highest BCUT2D eigenvalue weighted by molar-refractivity contribution is 7.89. The molecule has 1 saturated heterocycles. The van der Waals surface area contributed by atoms with Crippen LogP contribution >= 0.6 is 11.3 Å². The van der Waals surface area contributed by atoms with Gasteiger partial charge < -0.3 is 10.1 Å². The Morgan fingerprint density at radius 1 is 0.944 bits per heavy atom. The van der Waals surface area contributed by atoms with E-state index < -0.39 is 10.0 Å². The van der Waals surface area contributed by atoms with Crippen molar-refractivity contribution in [3.05, 3.63) is 89.6 Å². The quantitative estimate of drug-likeness (QED) is 0.389. The highest BCUT2D eigenvalue weighted by Crippen LogP contribution is 2.34. The Hall–Kier alpha value is -3.44. The molecule has 5 rings (SSSR count). The zero-order valence-corrected chi connectivity index (χ0v) is 20.7. The molecule has 0 saturated carbocycles. The van der Waals surface area contributed by atoms with Gasteiger partial charge in [-0.2, -0.15) is 4.31 Å². The minimum Gasteiger partial charge on any atom is -0.379 e. The molecule has 0 bridgehead atoms. The number of thiazole rings is 1. The fourth-order valence-corrected chi connectivity index (χ4v) is 6.13. The number of carbonyl (C=O) groups excluding carboxylic acids is 1. The van der Waals surface area contributed by atoms with Gasteiger partial charge >= 0.3 is 0 Å². The number of hydrogen-bond acceptors (Lipinski definition) is 6. The first-order chi connectivity index (χ1) is 17.4. The van der Waals surface area contributed by atoms with Crippen molar-refractivity contribution in [3.63, 3.8) is 0 Å². The van der Waals surface area contributed by atoms with Crippen LogP contribution in [0.3, 0.4) is 0 Å². The summed E-state index contributed by atoms with van der Waals surface area (Å²) >= 11 is 1.32. The van der Waals surface area contributed by atoms with Crippen molar-refractivity contribution in [1.82, 2.24) is 9.29 Å². The van der Waals surface area contributed by atoms with E-state index in [1.807, 2.05) is 17.5 Å². The van der Waals surface area contributed by atoms with Crippen molar-refractivity contribution >= 4 is 33.0 Å². The molecular weight excluding hydrogens is 501 g/mol. The number of halogens is 1. The lowest BCUT2D eigenvalue weighted by Crippen LogP contribution is -2.40. The average Bonchev–Trinajstić information content (AvgIpc) is 3.40. The third-order valence-electron chi connectivity index (χ3n) is 5.78. The average molecular weight is 524 g/mol. The first-order valence-electron chi connectivity index (χ1n) is 11.2. The van der Waals surface area contributed by atoms with Crippen molar-refractivity contribution in [1.29, 1.82) is 0 Å².